The van der Waals surface area contributed by atoms with Gasteiger partial charge < -0.3 is 5.32 Å². The fourth-order valence-electron chi connectivity index (χ4n) is 1.83. The van der Waals surface area contributed by atoms with Crippen LogP contribution in [0.4, 0.5) is 0 Å². The van der Waals surface area contributed by atoms with Crippen LogP contribution in [0.3, 0.4) is 0 Å². The summed E-state index contributed by atoms with van der Waals surface area (Å²) in [5.74, 6) is 0. The standard InChI is InChI=1S/C11H16N2O2S/c1-9-3-2-4-11(7-9)16(14,15)13-10-5-6-12-8-10/h2-4,7,10,12-13H,5-6,8H2,1H3/t10-/m0/s1. The van der Waals surface area contributed by atoms with Gasteiger partial charge in [0.2, 0.25) is 10.0 Å². The number of rotatable bonds is 3. The third kappa shape index (κ3) is 2.61. The summed E-state index contributed by atoms with van der Waals surface area (Å²) >= 11 is 0. The Hall–Kier alpha value is -0.910. The van der Waals surface area contributed by atoms with Gasteiger partial charge in [0.1, 0.15) is 0 Å². The summed E-state index contributed by atoms with van der Waals surface area (Å²) < 4.78 is 26.7. The zero-order valence-electron chi connectivity index (χ0n) is 9.23. The van der Waals surface area contributed by atoms with E-state index in [4.69, 9.17) is 0 Å². The number of aryl methyl sites for hydroxylation is 1. The predicted octanol–water partition coefficient (Wildman–Crippen LogP) is 0.635. The van der Waals surface area contributed by atoms with Crippen molar-refractivity contribution in [1.29, 1.82) is 0 Å². The molecule has 0 radical (unpaired) electrons. The lowest BCUT2D eigenvalue weighted by atomic mass is 10.2. The Labute approximate surface area is 96.1 Å². The normalized spacial score (nSPS) is 21.2. The summed E-state index contributed by atoms with van der Waals surface area (Å²) in [5, 5.41) is 3.13. The Kier molecular flexibility index (Phi) is 3.28. The number of sulfonamides is 1. The van der Waals surface area contributed by atoms with Gasteiger partial charge in [0.05, 0.1) is 4.90 Å². The lowest BCUT2D eigenvalue weighted by molar-refractivity contribution is 0.560. The minimum absolute atomic E-state index is 0.0190. The van der Waals surface area contributed by atoms with Crippen LogP contribution in [-0.4, -0.2) is 27.5 Å². The third-order valence-corrected chi connectivity index (χ3v) is 4.20. The first-order valence-electron chi connectivity index (χ1n) is 5.38. The fourth-order valence-corrected chi connectivity index (χ4v) is 3.20. The SMILES string of the molecule is Cc1cccc(S(=O)(=O)N[C@H]2CCNC2)c1. The Morgan fingerprint density at radius 1 is 1.44 bits per heavy atom. The Balaban J connectivity index is 2.18. The molecular formula is C11H16N2O2S. The van der Waals surface area contributed by atoms with E-state index in [-0.39, 0.29) is 6.04 Å². The van der Waals surface area contributed by atoms with Crippen LogP contribution in [0, 0.1) is 6.92 Å². The van der Waals surface area contributed by atoms with Crippen molar-refractivity contribution in [1.82, 2.24) is 10.0 Å². The van der Waals surface area contributed by atoms with Crippen molar-refractivity contribution in [2.75, 3.05) is 13.1 Å². The molecule has 4 nitrogen and oxygen atoms in total. The molecule has 2 N–H and O–H groups in total. The van der Waals surface area contributed by atoms with Crippen LogP contribution in [-0.2, 0) is 10.0 Å². The van der Waals surface area contributed by atoms with Crippen LogP contribution in [0.25, 0.3) is 0 Å². The predicted molar refractivity (Wildman–Crippen MR) is 62.8 cm³/mol. The number of benzene rings is 1. The molecule has 1 aliphatic rings. The first kappa shape index (κ1) is 11.6. The molecule has 1 aliphatic heterocycles. The molecule has 1 saturated heterocycles. The monoisotopic (exact) mass is 240 g/mol. The van der Waals surface area contributed by atoms with E-state index >= 15 is 0 Å². The van der Waals surface area contributed by atoms with Crippen molar-refractivity contribution in [3.8, 4) is 0 Å². The molecule has 0 saturated carbocycles. The maximum Gasteiger partial charge on any atom is 0.240 e. The van der Waals surface area contributed by atoms with Gasteiger partial charge in [-0.25, -0.2) is 13.1 Å². The van der Waals surface area contributed by atoms with Crippen LogP contribution in [0.1, 0.15) is 12.0 Å². The lowest BCUT2D eigenvalue weighted by Crippen LogP contribution is -2.36. The van der Waals surface area contributed by atoms with Crippen LogP contribution >= 0.6 is 0 Å². The smallest absolute Gasteiger partial charge is 0.240 e. The van der Waals surface area contributed by atoms with Crippen molar-refractivity contribution >= 4 is 10.0 Å². The average molecular weight is 240 g/mol. The van der Waals surface area contributed by atoms with Gasteiger partial charge in [-0.3, -0.25) is 0 Å². The Morgan fingerprint density at radius 2 is 2.25 bits per heavy atom. The van der Waals surface area contributed by atoms with E-state index in [1.54, 1.807) is 18.2 Å². The first-order valence-corrected chi connectivity index (χ1v) is 6.86. The lowest BCUT2D eigenvalue weighted by Gasteiger charge is -2.12. The van der Waals surface area contributed by atoms with E-state index in [1.807, 2.05) is 13.0 Å². The van der Waals surface area contributed by atoms with Gasteiger partial charge in [0, 0.05) is 12.6 Å². The molecule has 0 amide bonds. The van der Waals surface area contributed by atoms with E-state index in [0.29, 0.717) is 11.4 Å². The highest BCUT2D eigenvalue weighted by molar-refractivity contribution is 7.89. The molecule has 0 aromatic heterocycles. The highest BCUT2D eigenvalue weighted by atomic mass is 32.2. The second-order valence-electron chi connectivity index (χ2n) is 4.13. The molecule has 5 heteroatoms. The molecule has 88 valence electrons. The first-order chi connectivity index (χ1) is 7.58. The molecule has 1 atom stereocenters. The summed E-state index contributed by atoms with van der Waals surface area (Å²) in [4.78, 5) is 0.347. The molecule has 2 rings (SSSR count). The summed E-state index contributed by atoms with van der Waals surface area (Å²) in [5.41, 5.74) is 0.951. The quantitative estimate of drug-likeness (QED) is 0.815. The second-order valence-corrected chi connectivity index (χ2v) is 5.84. The molecule has 1 aromatic carbocycles. The van der Waals surface area contributed by atoms with E-state index in [2.05, 4.69) is 10.0 Å². The van der Waals surface area contributed by atoms with Gasteiger partial charge in [0.25, 0.3) is 0 Å². The van der Waals surface area contributed by atoms with Gasteiger partial charge in [-0.05, 0) is 37.6 Å². The molecule has 0 unspecified atom stereocenters. The van der Waals surface area contributed by atoms with Gasteiger partial charge >= 0.3 is 0 Å². The Bertz CT molecular complexity index is 465. The molecule has 16 heavy (non-hydrogen) atoms. The van der Waals surface area contributed by atoms with Crippen LogP contribution in [0.2, 0.25) is 0 Å². The number of nitrogens with one attached hydrogen (secondary N) is 2. The summed E-state index contributed by atoms with van der Waals surface area (Å²) in [6, 6.07) is 6.97. The summed E-state index contributed by atoms with van der Waals surface area (Å²) in [6.45, 7) is 3.47. The average Bonchev–Trinajstić information content (AvgIpc) is 2.70. The Morgan fingerprint density at radius 3 is 2.88 bits per heavy atom. The summed E-state index contributed by atoms with van der Waals surface area (Å²) in [7, 11) is -3.36. The summed E-state index contributed by atoms with van der Waals surface area (Å²) in [6.07, 6.45) is 0.852. The minimum atomic E-state index is -3.36. The van der Waals surface area contributed by atoms with E-state index in [9.17, 15) is 8.42 Å². The highest BCUT2D eigenvalue weighted by Gasteiger charge is 2.22. The molecule has 1 aromatic rings. The zero-order chi connectivity index (χ0) is 11.6. The number of hydrogen-bond donors (Lipinski definition) is 2. The fraction of sp³-hybridized carbons (Fsp3) is 0.455. The maximum atomic E-state index is 12.0. The topological polar surface area (TPSA) is 58.2 Å². The van der Waals surface area contributed by atoms with E-state index in [0.717, 1.165) is 18.5 Å². The molecule has 1 heterocycles. The van der Waals surface area contributed by atoms with Crippen molar-refractivity contribution in [3.63, 3.8) is 0 Å². The molecule has 0 aliphatic carbocycles. The molecule has 0 spiro atoms. The van der Waals surface area contributed by atoms with Crippen molar-refractivity contribution < 1.29 is 8.42 Å². The van der Waals surface area contributed by atoms with Crippen LogP contribution in [0.15, 0.2) is 29.2 Å². The van der Waals surface area contributed by atoms with Gasteiger partial charge in [-0.15, -0.1) is 0 Å². The second kappa shape index (κ2) is 4.53. The van der Waals surface area contributed by atoms with Gasteiger partial charge in [-0.1, -0.05) is 12.1 Å². The van der Waals surface area contributed by atoms with E-state index in [1.165, 1.54) is 0 Å². The maximum absolute atomic E-state index is 12.0. The molecule has 0 bridgehead atoms. The largest absolute Gasteiger partial charge is 0.315 e. The van der Waals surface area contributed by atoms with Crippen molar-refractivity contribution in [2.45, 2.75) is 24.3 Å². The molecular weight excluding hydrogens is 224 g/mol. The third-order valence-electron chi connectivity index (χ3n) is 2.68. The minimum Gasteiger partial charge on any atom is -0.315 e. The highest BCUT2D eigenvalue weighted by Crippen LogP contribution is 2.12. The van der Waals surface area contributed by atoms with Crippen molar-refractivity contribution in [2.24, 2.45) is 0 Å². The molecule has 1 fully saturated rings. The van der Waals surface area contributed by atoms with Gasteiger partial charge in [-0.2, -0.15) is 0 Å². The van der Waals surface area contributed by atoms with Gasteiger partial charge in [0.15, 0.2) is 0 Å². The van der Waals surface area contributed by atoms with Crippen LogP contribution < -0.4 is 10.0 Å². The number of hydrogen-bond acceptors (Lipinski definition) is 3. The van der Waals surface area contributed by atoms with Crippen molar-refractivity contribution in [3.05, 3.63) is 29.8 Å². The zero-order valence-corrected chi connectivity index (χ0v) is 10.0. The van der Waals surface area contributed by atoms with Crippen LogP contribution in [0.5, 0.6) is 0 Å². The van der Waals surface area contributed by atoms with E-state index < -0.39 is 10.0 Å².